The molecule has 1 fully saturated rings. The molecule has 2 atom stereocenters. The molecule has 1 aromatic rings. The van der Waals surface area contributed by atoms with Gasteiger partial charge in [-0.3, -0.25) is 9.59 Å². The molecule has 8 nitrogen and oxygen atoms in total. The summed E-state index contributed by atoms with van der Waals surface area (Å²) in [5.74, 6) is -1.01. The van der Waals surface area contributed by atoms with Gasteiger partial charge in [-0.1, -0.05) is 19.1 Å². The Morgan fingerprint density at radius 1 is 1.38 bits per heavy atom. The summed E-state index contributed by atoms with van der Waals surface area (Å²) in [6.07, 6.45) is 0.531. The Labute approximate surface area is 152 Å². The molecule has 2 unspecified atom stereocenters. The zero-order valence-corrected chi connectivity index (χ0v) is 15.3. The zero-order valence-electron chi connectivity index (χ0n) is 15.3. The number of nitrogens with zero attached hydrogens (tertiary/aromatic N) is 2. The lowest BCUT2D eigenvalue weighted by atomic mass is 10.2. The van der Waals surface area contributed by atoms with Crippen molar-refractivity contribution in [1.82, 2.24) is 15.1 Å². The zero-order chi connectivity index (χ0) is 19.3. The highest BCUT2D eigenvalue weighted by molar-refractivity contribution is 5.88. The predicted molar refractivity (Wildman–Crippen MR) is 94.8 cm³/mol. The van der Waals surface area contributed by atoms with Crippen molar-refractivity contribution in [3.63, 3.8) is 0 Å². The number of carboxylic acids is 1. The summed E-state index contributed by atoms with van der Waals surface area (Å²) in [6.45, 7) is 2.65. The topological polar surface area (TPSA) is 99.2 Å². The van der Waals surface area contributed by atoms with Crippen LogP contribution in [0.3, 0.4) is 0 Å². The first kappa shape index (κ1) is 19.6. The molecular weight excluding hydrogens is 338 g/mol. The van der Waals surface area contributed by atoms with Crippen molar-refractivity contribution in [3.05, 3.63) is 29.8 Å². The molecule has 1 aliphatic heterocycles. The van der Waals surface area contributed by atoms with E-state index in [1.165, 1.54) is 18.9 Å². The molecule has 0 radical (unpaired) electrons. The minimum atomic E-state index is -0.966. The van der Waals surface area contributed by atoms with Gasteiger partial charge in [0.05, 0.1) is 13.0 Å². The van der Waals surface area contributed by atoms with Gasteiger partial charge in [-0.25, -0.2) is 4.79 Å². The van der Waals surface area contributed by atoms with Crippen LogP contribution in [0, 0.1) is 5.92 Å². The number of ether oxygens (including phenoxy) is 1. The molecule has 8 heteroatoms. The second-order valence-corrected chi connectivity index (χ2v) is 6.52. The monoisotopic (exact) mass is 363 g/mol. The first-order valence-electron chi connectivity index (χ1n) is 8.48. The Hall–Kier alpha value is -2.77. The number of urea groups is 1. The van der Waals surface area contributed by atoms with Crippen LogP contribution in [0.2, 0.25) is 0 Å². The maximum Gasteiger partial charge on any atom is 0.317 e. The largest absolute Gasteiger partial charge is 0.497 e. The molecule has 2 rings (SSSR count). The van der Waals surface area contributed by atoms with Crippen molar-refractivity contribution in [2.24, 2.45) is 5.92 Å². The third-order valence-corrected chi connectivity index (χ3v) is 4.44. The lowest BCUT2D eigenvalue weighted by Gasteiger charge is -2.22. The molecule has 1 heterocycles. The van der Waals surface area contributed by atoms with Gasteiger partial charge in [-0.15, -0.1) is 0 Å². The molecular formula is C18H25N3O5. The van der Waals surface area contributed by atoms with Crippen molar-refractivity contribution in [1.29, 1.82) is 0 Å². The van der Waals surface area contributed by atoms with Crippen LogP contribution in [0.5, 0.6) is 5.75 Å². The number of hydrogen-bond acceptors (Lipinski definition) is 4. The van der Waals surface area contributed by atoms with Crippen LogP contribution in [0.25, 0.3) is 0 Å². The molecule has 1 saturated heterocycles. The van der Waals surface area contributed by atoms with E-state index in [9.17, 15) is 14.4 Å². The van der Waals surface area contributed by atoms with Crippen LogP contribution in [-0.2, 0) is 16.1 Å². The summed E-state index contributed by atoms with van der Waals surface area (Å²) in [6, 6.07) is 6.46. The number of methoxy groups -OCH3 is 1. The van der Waals surface area contributed by atoms with Gasteiger partial charge >= 0.3 is 12.0 Å². The average molecular weight is 363 g/mol. The van der Waals surface area contributed by atoms with Crippen LogP contribution in [0.4, 0.5) is 4.79 Å². The number of amides is 3. The summed E-state index contributed by atoms with van der Waals surface area (Å²) >= 11 is 0. The van der Waals surface area contributed by atoms with Crippen molar-refractivity contribution in [2.45, 2.75) is 25.9 Å². The molecule has 0 bridgehead atoms. The van der Waals surface area contributed by atoms with Gasteiger partial charge in [0, 0.05) is 26.7 Å². The van der Waals surface area contributed by atoms with E-state index in [-0.39, 0.29) is 12.5 Å². The van der Waals surface area contributed by atoms with Crippen LogP contribution in [0.1, 0.15) is 18.9 Å². The lowest BCUT2D eigenvalue weighted by molar-refractivity contribution is -0.141. The van der Waals surface area contributed by atoms with Crippen molar-refractivity contribution >= 4 is 17.9 Å². The van der Waals surface area contributed by atoms with Crippen molar-refractivity contribution in [3.8, 4) is 5.75 Å². The highest BCUT2D eigenvalue weighted by atomic mass is 16.5. The second-order valence-electron chi connectivity index (χ2n) is 6.52. The molecule has 142 valence electrons. The highest BCUT2D eigenvalue weighted by Gasteiger charge is 2.33. The number of aliphatic carboxylic acids is 1. The third-order valence-electron chi connectivity index (χ3n) is 4.44. The first-order valence-corrected chi connectivity index (χ1v) is 8.48. The summed E-state index contributed by atoms with van der Waals surface area (Å²) in [5, 5.41) is 11.6. The standard InChI is InChI=1S/C18H25N3O5/c1-12(17(23)24)10-20(2)18(25)19-15-8-9-21(16(15)22)11-13-4-6-14(26-3)7-5-13/h4-7,12,15H,8-11H2,1-3H3,(H,19,25)(H,23,24). The molecule has 1 aliphatic rings. The number of rotatable bonds is 7. The molecule has 0 aromatic heterocycles. The fourth-order valence-corrected chi connectivity index (χ4v) is 2.81. The van der Waals surface area contributed by atoms with Gasteiger partial charge < -0.3 is 25.0 Å². The molecule has 2 N–H and O–H groups in total. The fourth-order valence-electron chi connectivity index (χ4n) is 2.81. The van der Waals surface area contributed by atoms with Crippen LogP contribution in [0.15, 0.2) is 24.3 Å². The average Bonchev–Trinajstić information content (AvgIpc) is 2.95. The minimum absolute atomic E-state index is 0.0810. The molecule has 1 aromatic carbocycles. The van der Waals surface area contributed by atoms with E-state index in [2.05, 4.69) is 5.32 Å². The molecule has 0 saturated carbocycles. The number of carbonyl (C=O) groups excluding carboxylic acids is 2. The predicted octanol–water partition coefficient (Wildman–Crippen LogP) is 1.16. The smallest absolute Gasteiger partial charge is 0.317 e. The van der Waals surface area contributed by atoms with Crippen LogP contribution < -0.4 is 10.1 Å². The first-order chi connectivity index (χ1) is 12.3. The Balaban J connectivity index is 1.87. The van der Waals surface area contributed by atoms with E-state index in [1.54, 1.807) is 12.0 Å². The Bertz CT molecular complexity index is 661. The quantitative estimate of drug-likeness (QED) is 0.757. The lowest BCUT2D eigenvalue weighted by Crippen LogP contribution is -2.48. The summed E-state index contributed by atoms with van der Waals surface area (Å²) in [5.41, 5.74) is 0.985. The SMILES string of the molecule is COc1ccc(CN2CCC(NC(=O)N(C)CC(C)C(=O)O)C2=O)cc1. The fraction of sp³-hybridized carbons (Fsp3) is 0.500. The number of carboxylic acid groups (broad SMARTS) is 1. The highest BCUT2D eigenvalue weighted by Crippen LogP contribution is 2.18. The summed E-state index contributed by atoms with van der Waals surface area (Å²) in [4.78, 5) is 38.5. The van der Waals surface area contributed by atoms with Gasteiger partial charge in [-0.05, 0) is 24.1 Å². The third kappa shape index (κ3) is 4.87. The number of benzene rings is 1. The number of carbonyl (C=O) groups is 3. The minimum Gasteiger partial charge on any atom is -0.497 e. The van der Waals surface area contributed by atoms with Gasteiger partial charge in [0.1, 0.15) is 11.8 Å². The van der Waals surface area contributed by atoms with E-state index in [0.717, 1.165) is 11.3 Å². The van der Waals surface area contributed by atoms with E-state index in [1.807, 2.05) is 24.3 Å². The number of nitrogens with one attached hydrogen (secondary N) is 1. The Morgan fingerprint density at radius 3 is 2.62 bits per heavy atom. The number of likely N-dealkylation sites (tertiary alicyclic amines) is 1. The molecule has 0 aliphatic carbocycles. The van der Waals surface area contributed by atoms with Crippen LogP contribution in [-0.4, -0.2) is 66.1 Å². The normalized spacial score (nSPS) is 17.7. The maximum atomic E-state index is 12.5. The maximum absolute atomic E-state index is 12.5. The van der Waals surface area contributed by atoms with Crippen LogP contribution >= 0.6 is 0 Å². The number of hydrogen-bond donors (Lipinski definition) is 2. The van der Waals surface area contributed by atoms with E-state index in [4.69, 9.17) is 9.84 Å². The van der Waals surface area contributed by atoms with Gasteiger partial charge in [0.15, 0.2) is 0 Å². The van der Waals surface area contributed by atoms with Gasteiger partial charge in [0.25, 0.3) is 0 Å². The Morgan fingerprint density at radius 2 is 2.04 bits per heavy atom. The molecule has 3 amide bonds. The Kier molecular flexibility index (Phi) is 6.43. The van der Waals surface area contributed by atoms with Crippen molar-refractivity contribution in [2.75, 3.05) is 27.2 Å². The van der Waals surface area contributed by atoms with E-state index < -0.39 is 24.0 Å². The van der Waals surface area contributed by atoms with Crippen molar-refractivity contribution < 1.29 is 24.2 Å². The van der Waals surface area contributed by atoms with E-state index >= 15 is 0 Å². The summed E-state index contributed by atoms with van der Waals surface area (Å²) < 4.78 is 5.12. The second kappa shape index (κ2) is 8.55. The summed E-state index contributed by atoms with van der Waals surface area (Å²) in [7, 11) is 3.11. The molecule has 0 spiro atoms. The molecule has 26 heavy (non-hydrogen) atoms. The van der Waals surface area contributed by atoms with Gasteiger partial charge in [0.2, 0.25) is 5.91 Å². The van der Waals surface area contributed by atoms with Gasteiger partial charge in [-0.2, -0.15) is 0 Å². The van der Waals surface area contributed by atoms with E-state index in [0.29, 0.717) is 19.5 Å².